The fourth-order valence-corrected chi connectivity index (χ4v) is 3.12. The molecule has 4 nitrogen and oxygen atoms in total. The molecule has 0 spiro atoms. The summed E-state index contributed by atoms with van der Waals surface area (Å²) in [4.78, 5) is 16.8. The summed E-state index contributed by atoms with van der Waals surface area (Å²) in [5, 5.41) is 2.94. The van der Waals surface area contributed by atoms with Gasteiger partial charge in [0.1, 0.15) is 0 Å². The van der Waals surface area contributed by atoms with Crippen LogP contribution in [0.5, 0.6) is 0 Å². The zero-order chi connectivity index (χ0) is 18.2. The van der Waals surface area contributed by atoms with Gasteiger partial charge >= 0.3 is 0 Å². The van der Waals surface area contributed by atoms with Crippen molar-refractivity contribution in [2.45, 2.75) is 26.7 Å². The first kappa shape index (κ1) is 19.8. The van der Waals surface area contributed by atoms with Crippen LogP contribution in [0.2, 0.25) is 0 Å². The zero-order valence-electron chi connectivity index (χ0n) is 15.2. The van der Waals surface area contributed by atoms with Gasteiger partial charge in [-0.05, 0) is 36.6 Å². The Morgan fingerprint density at radius 3 is 2.48 bits per heavy atom. The monoisotopic (exact) mass is 353 g/mol. The highest BCUT2D eigenvalue weighted by Gasteiger charge is 2.17. The topological polar surface area (TPSA) is 35.6 Å². The summed E-state index contributed by atoms with van der Waals surface area (Å²) >= 11 is 0. The molecule has 0 radical (unpaired) electrons. The van der Waals surface area contributed by atoms with Crippen LogP contribution in [-0.4, -0.2) is 61.5 Å². The van der Waals surface area contributed by atoms with E-state index in [9.17, 15) is 13.6 Å². The van der Waals surface area contributed by atoms with E-state index in [1.54, 1.807) is 0 Å². The molecule has 25 heavy (non-hydrogen) atoms. The molecule has 1 fully saturated rings. The summed E-state index contributed by atoms with van der Waals surface area (Å²) in [6.07, 6.45) is 0.698. The maximum atomic E-state index is 13.1. The highest BCUT2D eigenvalue weighted by atomic mass is 19.2. The number of aryl methyl sites for hydroxylation is 1. The first-order valence-corrected chi connectivity index (χ1v) is 9.13. The number of hydrogen-bond acceptors (Lipinski definition) is 3. The maximum Gasteiger partial charge on any atom is 0.220 e. The lowest BCUT2D eigenvalue weighted by molar-refractivity contribution is -0.121. The minimum atomic E-state index is -0.866. The van der Waals surface area contributed by atoms with Crippen LogP contribution in [0.1, 0.15) is 25.8 Å². The molecule has 1 aromatic carbocycles. The summed E-state index contributed by atoms with van der Waals surface area (Å²) in [6.45, 7) is 11.5. The van der Waals surface area contributed by atoms with Crippen molar-refractivity contribution in [3.8, 4) is 0 Å². The molecule has 1 heterocycles. The van der Waals surface area contributed by atoms with Crippen LogP contribution < -0.4 is 5.32 Å². The smallest absolute Gasteiger partial charge is 0.220 e. The van der Waals surface area contributed by atoms with Gasteiger partial charge in [-0.15, -0.1) is 0 Å². The fraction of sp³-hybridized carbons (Fsp3) is 0.632. The highest BCUT2D eigenvalue weighted by molar-refractivity contribution is 5.76. The van der Waals surface area contributed by atoms with E-state index in [0.29, 0.717) is 24.4 Å². The third-order valence-corrected chi connectivity index (χ3v) is 4.75. The lowest BCUT2D eigenvalue weighted by Gasteiger charge is -2.35. The van der Waals surface area contributed by atoms with Crippen molar-refractivity contribution in [1.29, 1.82) is 0 Å². The Morgan fingerprint density at radius 2 is 1.84 bits per heavy atom. The van der Waals surface area contributed by atoms with E-state index in [4.69, 9.17) is 0 Å². The van der Waals surface area contributed by atoms with Crippen LogP contribution >= 0.6 is 0 Å². The van der Waals surface area contributed by atoms with Crippen molar-refractivity contribution in [2.24, 2.45) is 5.92 Å². The number of rotatable bonds is 8. The molecule has 1 unspecified atom stereocenters. The van der Waals surface area contributed by atoms with E-state index in [1.807, 2.05) is 0 Å². The summed E-state index contributed by atoms with van der Waals surface area (Å²) in [5.74, 6) is -1.38. The first-order chi connectivity index (χ1) is 12.0. The number of hydrogen-bond donors (Lipinski definition) is 1. The third kappa shape index (κ3) is 6.71. The molecule has 1 N–H and O–H groups in total. The second kappa shape index (κ2) is 9.82. The summed E-state index contributed by atoms with van der Waals surface area (Å²) in [6, 6.07) is 3.77. The molecule has 0 bridgehead atoms. The minimum Gasteiger partial charge on any atom is -0.356 e. The molecule has 1 saturated heterocycles. The molecule has 0 aromatic heterocycles. The zero-order valence-corrected chi connectivity index (χ0v) is 15.2. The van der Waals surface area contributed by atoms with Gasteiger partial charge in [-0.25, -0.2) is 8.78 Å². The van der Waals surface area contributed by atoms with Crippen molar-refractivity contribution in [2.75, 3.05) is 45.8 Å². The van der Waals surface area contributed by atoms with Gasteiger partial charge in [0.2, 0.25) is 5.91 Å². The Hall–Kier alpha value is -1.53. The normalized spacial score (nSPS) is 17.4. The lowest BCUT2D eigenvalue weighted by Crippen LogP contribution is -2.48. The Morgan fingerprint density at radius 1 is 1.16 bits per heavy atom. The standard InChI is InChI=1S/C19H29F2N3O/c1-3-23-8-10-24(11-9-23)14-15(2)13-22-19(25)7-5-16-4-6-17(20)18(21)12-16/h4,6,12,15H,3,5,7-11,13-14H2,1-2H3,(H,22,25). The van der Waals surface area contributed by atoms with Crippen molar-refractivity contribution in [3.05, 3.63) is 35.4 Å². The van der Waals surface area contributed by atoms with E-state index >= 15 is 0 Å². The maximum absolute atomic E-state index is 13.1. The second-order valence-electron chi connectivity index (χ2n) is 6.89. The van der Waals surface area contributed by atoms with Gasteiger partial charge in [0.15, 0.2) is 11.6 Å². The number of benzene rings is 1. The molecule has 1 aromatic rings. The lowest BCUT2D eigenvalue weighted by atomic mass is 10.1. The molecule has 140 valence electrons. The number of nitrogens with zero attached hydrogens (tertiary/aromatic N) is 2. The van der Waals surface area contributed by atoms with Gasteiger partial charge < -0.3 is 15.1 Å². The van der Waals surface area contributed by atoms with Crippen molar-refractivity contribution < 1.29 is 13.6 Å². The molecular weight excluding hydrogens is 324 g/mol. The molecule has 0 saturated carbocycles. The van der Waals surface area contributed by atoms with Crippen LogP contribution in [-0.2, 0) is 11.2 Å². The van der Waals surface area contributed by atoms with Crippen LogP contribution in [0.4, 0.5) is 8.78 Å². The summed E-state index contributed by atoms with van der Waals surface area (Å²) in [5.41, 5.74) is 0.635. The molecule has 6 heteroatoms. The molecule has 1 atom stereocenters. The molecule has 1 aliphatic rings. The predicted octanol–water partition coefficient (Wildman–Crippen LogP) is 2.29. The van der Waals surface area contributed by atoms with Gasteiger partial charge in [-0.3, -0.25) is 4.79 Å². The predicted molar refractivity (Wildman–Crippen MR) is 95.4 cm³/mol. The Labute approximate surface area is 149 Å². The van der Waals surface area contributed by atoms with Gasteiger partial charge in [0.05, 0.1) is 0 Å². The largest absolute Gasteiger partial charge is 0.356 e. The van der Waals surface area contributed by atoms with E-state index in [2.05, 4.69) is 29.0 Å². The Kier molecular flexibility index (Phi) is 7.78. The number of carbonyl (C=O) groups is 1. The van der Waals surface area contributed by atoms with Crippen LogP contribution in [0.15, 0.2) is 18.2 Å². The third-order valence-electron chi connectivity index (χ3n) is 4.75. The average Bonchev–Trinajstić information content (AvgIpc) is 2.61. The molecule has 1 aliphatic heterocycles. The average molecular weight is 353 g/mol. The number of amides is 1. The molecule has 2 rings (SSSR count). The van der Waals surface area contributed by atoms with Crippen molar-refractivity contribution >= 4 is 5.91 Å². The quantitative estimate of drug-likeness (QED) is 0.779. The summed E-state index contributed by atoms with van der Waals surface area (Å²) in [7, 11) is 0. The number of carbonyl (C=O) groups excluding carboxylic acids is 1. The number of nitrogens with one attached hydrogen (secondary N) is 1. The Bertz CT molecular complexity index is 560. The second-order valence-corrected chi connectivity index (χ2v) is 6.89. The Balaban J connectivity index is 1.63. The first-order valence-electron chi connectivity index (χ1n) is 9.13. The molecule has 1 amide bonds. The minimum absolute atomic E-state index is 0.0487. The van der Waals surface area contributed by atoms with Gasteiger partial charge in [0.25, 0.3) is 0 Å². The van der Waals surface area contributed by atoms with Crippen LogP contribution in [0.25, 0.3) is 0 Å². The molecule has 0 aliphatic carbocycles. The molecular formula is C19H29F2N3O. The van der Waals surface area contributed by atoms with E-state index in [-0.39, 0.29) is 12.3 Å². The highest BCUT2D eigenvalue weighted by Crippen LogP contribution is 2.10. The SMILES string of the molecule is CCN1CCN(CC(C)CNC(=O)CCc2ccc(F)c(F)c2)CC1. The van der Waals surface area contributed by atoms with Gasteiger partial charge in [-0.1, -0.05) is 19.9 Å². The van der Waals surface area contributed by atoms with E-state index in [1.165, 1.54) is 6.07 Å². The van der Waals surface area contributed by atoms with E-state index in [0.717, 1.165) is 51.4 Å². The van der Waals surface area contributed by atoms with Gasteiger partial charge in [-0.2, -0.15) is 0 Å². The van der Waals surface area contributed by atoms with Crippen LogP contribution in [0.3, 0.4) is 0 Å². The van der Waals surface area contributed by atoms with Gasteiger partial charge in [0, 0.05) is 45.7 Å². The number of piperazine rings is 1. The van der Waals surface area contributed by atoms with Crippen molar-refractivity contribution in [3.63, 3.8) is 0 Å². The summed E-state index contributed by atoms with van der Waals surface area (Å²) < 4.78 is 26.0. The van der Waals surface area contributed by atoms with Crippen LogP contribution in [0, 0.1) is 17.6 Å². The fourth-order valence-electron chi connectivity index (χ4n) is 3.12. The number of likely N-dealkylation sites (N-methyl/N-ethyl adjacent to an activating group) is 1. The number of halogens is 2. The van der Waals surface area contributed by atoms with E-state index < -0.39 is 11.6 Å². The van der Waals surface area contributed by atoms with Crippen molar-refractivity contribution in [1.82, 2.24) is 15.1 Å².